The van der Waals surface area contributed by atoms with Gasteiger partial charge in [0.25, 0.3) is 0 Å². The zero-order chi connectivity index (χ0) is 10.9. The van der Waals surface area contributed by atoms with Gasteiger partial charge >= 0.3 is 0 Å². The molecule has 0 saturated carbocycles. The van der Waals surface area contributed by atoms with Crippen molar-refractivity contribution in [2.45, 2.75) is 34.1 Å². The molecule has 0 atom stereocenters. The summed E-state index contributed by atoms with van der Waals surface area (Å²) in [6.07, 6.45) is 2.12. The lowest BCUT2D eigenvalue weighted by atomic mass is 10.1. The normalized spacial score (nSPS) is 9.77. The molecule has 0 aliphatic carbocycles. The summed E-state index contributed by atoms with van der Waals surface area (Å²) in [6, 6.07) is 0. The van der Waals surface area contributed by atoms with Crippen molar-refractivity contribution in [1.82, 2.24) is 4.90 Å². The fourth-order valence-electron chi connectivity index (χ4n) is 0.731. The molecule has 0 saturated heterocycles. The second-order valence-corrected chi connectivity index (χ2v) is 2.98. The first-order valence-corrected chi connectivity index (χ1v) is 4.76. The standard InChI is InChI=1S/C8H16N2O.C2H6/c1-7(2)5-8(11)10(4)6-9-3;1-2/h6-7H,5H2,1-4H3;1-2H3. The van der Waals surface area contributed by atoms with Crippen molar-refractivity contribution in [3.63, 3.8) is 0 Å². The lowest BCUT2D eigenvalue weighted by Crippen LogP contribution is -2.25. The summed E-state index contributed by atoms with van der Waals surface area (Å²) in [4.78, 5) is 16.4. The van der Waals surface area contributed by atoms with E-state index in [2.05, 4.69) is 4.99 Å². The Labute approximate surface area is 81.8 Å². The summed E-state index contributed by atoms with van der Waals surface area (Å²) in [6.45, 7) is 8.05. The smallest absolute Gasteiger partial charge is 0.227 e. The largest absolute Gasteiger partial charge is 0.306 e. The van der Waals surface area contributed by atoms with Crippen LogP contribution in [0, 0.1) is 5.92 Å². The average molecular weight is 186 g/mol. The predicted octanol–water partition coefficient (Wildman–Crippen LogP) is 2.18. The van der Waals surface area contributed by atoms with Gasteiger partial charge < -0.3 is 4.90 Å². The van der Waals surface area contributed by atoms with E-state index >= 15 is 0 Å². The molecule has 78 valence electrons. The molecule has 3 nitrogen and oxygen atoms in total. The molecule has 1 amide bonds. The Balaban J connectivity index is 0. The summed E-state index contributed by atoms with van der Waals surface area (Å²) in [5.41, 5.74) is 0. The number of hydrogen-bond donors (Lipinski definition) is 0. The zero-order valence-electron chi connectivity index (χ0n) is 9.66. The molecule has 0 bridgehead atoms. The van der Waals surface area contributed by atoms with Crippen LogP contribution < -0.4 is 0 Å². The molecule has 3 heteroatoms. The van der Waals surface area contributed by atoms with Crippen LogP contribution in [0.2, 0.25) is 0 Å². The molecule has 0 fully saturated rings. The predicted molar refractivity (Wildman–Crippen MR) is 58.0 cm³/mol. The number of nitrogens with zero attached hydrogens (tertiary/aromatic N) is 2. The van der Waals surface area contributed by atoms with E-state index in [1.165, 1.54) is 11.2 Å². The number of rotatable bonds is 3. The Kier molecular flexibility index (Phi) is 10.4. The Morgan fingerprint density at radius 2 is 1.92 bits per heavy atom. The third-order valence-electron chi connectivity index (χ3n) is 1.26. The molecule has 0 spiro atoms. The van der Waals surface area contributed by atoms with Crippen LogP contribution in [0.1, 0.15) is 34.1 Å². The van der Waals surface area contributed by atoms with E-state index in [1.54, 1.807) is 14.1 Å². The van der Waals surface area contributed by atoms with E-state index in [0.717, 1.165) is 0 Å². The molecular formula is C10H22N2O. The summed E-state index contributed by atoms with van der Waals surface area (Å²) < 4.78 is 0. The SMILES string of the molecule is CC.CN=CN(C)C(=O)CC(C)C. The lowest BCUT2D eigenvalue weighted by molar-refractivity contribution is -0.126. The molecule has 0 aliphatic rings. The fourth-order valence-corrected chi connectivity index (χ4v) is 0.731. The maximum atomic E-state index is 11.2. The van der Waals surface area contributed by atoms with Crippen molar-refractivity contribution >= 4 is 12.2 Å². The molecular weight excluding hydrogens is 164 g/mol. The van der Waals surface area contributed by atoms with Gasteiger partial charge in [0.15, 0.2) is 0 Å². The van der Waals surface area contributed by atoms with Crippen LogP contribution in [-0.2, 0) is 4.79 Å². The van der Waals surface area contributed by atoms with Crippen molar-refractivity contribution in [1.29, 1.82) is 0 Å². The molecule has 0 unspecified atom stereocenters. The summed E-state index contributed by atoms with van der Waals surface area (Å²) in [7, 11) is 3.37. The maximum Gasteiger partial charge on any atom is 0.227 e. The molecule has 13 heavy (non-hydrogen) atoms. The van der Waals surface area contributed by atoms with Crippen LogP contribution >= 0.6 is 0 Å². The summed E-state index contributed by atoms with van der Waals surface area (Å²) >= 11 is 0. The molecule has 0 heterocycles. The van der Waals surface area contributed by atoms with Gasteiger partial charge in [-0.2, -0.15) is 0 Å². The minimum absolute atomic E-state index is 0.116. The van der Waals surface area contributed by atoms with E-state index in [9.17, 15) is 4.79 Å². The van der Waals surface area contributed by atoms with Gasteiger partial charge in [-0.3, -0.25) is 9.79 Å². The van der Waals surface area contributed by atoms with Crippen LogP contribution in [0.25, 0.3) is 0 Å². The van der Waals surface area contributed by atoms with E-state index in [4.69, 9.17) is 0 Å². The van der Waals surface area contributed by atoms with Gasteiger partial charge in [0.1, 0.15) is 0 Å². The lowest BCUT2D eigenvalue weighted by Gasteiger charge is -2.11. The van der Waals surface area contributed by atoms with Crippen LogP contribution in [-0.4, -0.2) is 31.2 Å². The van der Waals surface area contributed by atoms with Crippen LogP contribution in [0.15, 0.2) is 4.99 Å². The molecule has 0 radical (unpaired) electrons. The van der Waals surface area contributed by atoms with E-state index < -0.39 is 0 Å². The Bertz CT molecular complexity index is 153. The van der Waals surface area contributed by atoms with Crippen molar-refractivity contribution in [3.05, 3.63) is 0 Å². The van der Waals surface area contributed by atoms with Gasteiger partial charge in [-0.1, -0.05) is 27.7 Å². The Morgan fingerprint density at radius 3 is 2.23 bits per heavy atom. The first-order chi connectivity index (χ1) is 6.07. The molecule has 0 N–H and O–H groups in total. The van der Waals surface area contributed by atoms with Gasteiger partial charge in [-0.05, 0) is 5.92 Å². The fraction of sp³-hybridized carbons (Fsp3) is 0.800. The molecule has 0 rings (SSSR count). The van der Waals surface area contributed by atoms with Crippen LogP contribution in [0.3, 0.4) is 0 Å². The average Bonchev–Trinajstić information content (AvgIpc) is 2.07. The highest BCUT2D eigenvalue weighted by atomic mass is 16.2. The quantitative estimate of drug-likeness (QED) is 0.491. The van der Waals surface area contributed by atoms with E-state index in [1.807, 2.05) is 27.7 Å². The van der Waals surface area contributed by atoms with E-state index in [0.29, 0.717) is 12.3 Å². The number of aliphatic imine (C=N–C) groups is 1. The number of carbonyl (C=O) groups is 1. The summed E-state index contributed by atoms with van der Waals surface area (Å²) in [5.74, 6) is 0.529. The van der Waals surface area contributed by atoms with Gasteiger partial charge in [0.2, 0.25) is 5.91 Å². The number of carbonyl (C=O) groups excluding carboxylic acids is 1. The maximum absolute atomic E-state index is 11.2. The van der Waals surface area contributed by atoms with Gasteiger partial charge in [-0.25, -0.2) is 0 Å². The minimum atomic E-state index is 0.116. The summed E-state index contributed by atoms with van der Waals surface area (Å²) in [5, 5.41) is 0. The topological polar surface area (TPSA) is 32.7 Å². The van der Waals surface area contributed by atoms with Crippen molar-refractivity contribution < 1.29 is 4.79 Å². The Hall–Kier alpha value is -0.860. The van der Waals surface area contributed by atoms with Crippen molar-refractivity contribution in [2.75, 3.05) is 14.1 Å². The monoisotopic (exact) mass is 186 g/mol. The molecule has 0 aromatic carbocycles. The highest BCUT2D eigenvalue weighted by Gasteiger charge is 2.07. The third kappa shape index (κ3) is 9.05. The minimum Gasteiger partial charge on any atom is -0.306 e. The van der Waals surface area contributed by atoms with E-state index in [-0.39, 0.29) is 5.91 Å². The number of amides is 1. The van der Waals surface area contributed by atoms with Crippen LogP contribution in [0.5, 0.6) is 0 Å². The van der Waals surface area contributed by atoms with Crippen molar-refractivity contribution in [2.24, 2.45) is 10.9 Å². The highest BCUT2D eigenvalue weighted by Crippen LogP contribution is 2.00. The van der Waals surface area contributed by atoms with Gasteiger partial charge in [0.05, 0.1) is 6.34 Å². The van der Waals surface area contributed by atoms with Crippen molar-refractivity contribution in [3.8, 4) is 0 Å². The molecule has 0 aromatic rings. The first kappa shape index (κ1) is 14.7. The van der Waals surface area contributed by atoms with Gasteiger partial charge in [0, 0.05) is 20.5 Å². The second kappa shape index (κ2) is 9.23. The number of hydrogen-bond acceptors (Lipinski definition) is 2. The van der Waals surface area contributed by atoms with Crippen LogP contribution in [0.4, 0.5) is 0 Å². The van der Waals surface area contributed by atoms with Gasteiger partial charge in [-0.15, -0.1) is 0 Å². The molecule has 0 aromatic heterocycles. The third-order valence-corrected chi connectivity index (χ3v) is 1.26. The highest BCUT2D eigenvalue weighted by molar-refractivity contribution is 5.87. The Morgan fingerprint density at radius 1 is 1.46 bits per heavy atom. The zero-order valence-corrected chi connectivity index (χ0v) is 9.66. The second-order valence-electron chi connectivity index (χ2n) is 2.98. The first-order valence-electron chi connectivity index (χ1n) is 4.76. The molecule has 0 aliphatic heterocycles.